The minimum Gasteiger partial charge on any atom is -0.203 e. The molecule has 0 aromatic carbocycles. The summed E-state index contributed by atoms with van der Waals surface area (Å²) < 4.78 is 34.5. The van der Waals surface area contributed by atoms with E-state index in [4.69, 9.17) is 0 Å². The van der Waals surface area contributed by atoms with E-state index in [1.54, 1.807) is 0 Å². The fourth-order valence-electron chi connectivity index (χ4n) is 0.193. The van der Waals surface area contributed by atoms with E-state index >= 15 is 0 Å². The van der Waals surface area contributed by atoms with E-state index in [-0.39, 0.29) is 0 Å². The van der Waals surface area contributed by atoms with Crippen molar-refractivity contribution in [1.29, 1.82) is 0 Å². The van der Waals surface area contributed by atoms with E-state index in [0.717, 1.165) is 0 Å². The first-order chi connectivity index (χ1) is 3.63. The third-order valence-corrected chi connectivity index (χ3v) is 0.533. The minimum absolute atomic E-state index is 2.82. The number of rotatable bonds is 0. The molecule has 1 rings (SSSR count). The molecular formula is C2HF3O3. The summed E-state index contributed by atoms with van der Waals surface area (Å²) in [7, 11) is 0. The van der Waals surface area contributed by atoms with Crippen molar-refractivity contribution in [1.82, 2.24) is 0 Å². The molecule has 1 heterocycles. The van der Waals surface area contributed by atoms with Crippen LogP contribution in [-0.4, -0.2) is 12.5 Å². The Hall–Kier alpha value is -0.330. The smallest absolute Gasteiger partial charge is 0.203 e. The van der Waals surface area contributed by atoms with Crippen molar-refractivity contribution in [2.45, 2.75) is 12.5 Å². The molecule has 0 saturated carbocycles. The Morgan fingerprint density at radius 1 is 1.38 bits per heavy atom. The van der Waals surface area contributed by atoms with Gasteiger partial charge >= 0.3 is 12.5 Å². The Labute approximate surface area is 41.8 Å². The molecule has 1 atom stereocenters. The first-order valence-electron chi connectivity index (χ1n) is 1.66. The van der Waals surface area contributed by atoms with Crippen LogP contribution in [0.2, 0.25) is 0 Å². The lowest BCUT2D eigenvalue weighted by molar-refractivity contribution is -0.496. The van der Waals surface area contributed by atoms with Gasteiger partial charge in [0.05, 0.1) is 0 Å². The van der Waals surface area contributed by atoms with Crippen LogP contribution in [0.25, 0.3) is 0 Å². The lowest BCUT2D eigenvalue weighted by Gasteiger charge is -2.00. The minimum atomic E-state index is -3.96. The van der Waals surface area contributed by atoms with Crippen molar-refractivity contribution < 1.29 is 28.0 Å². The van der Waals surface area contributed by atoms with Crippen molar-refractivity contribution in [3.05, 3.63) is 0 Å². The lowest BCUT2D eigenvalue weighted by Crippen LogP contribution is -2.25. The molecule has 1 unspecified atom stereocenters. The highest BCUT2D eigenvalue weighted by atomic mass is 19.3. The summed E-state index contributed by atoms with van der Waals surface area (Å²) in [6.07, 6.45) is -6.78. The Kier molecular flexibility index (Phi) is 1.14. The largest absolute Gasteiger partial charge is 0.442 e. The van der Waals surface area contributed by atoms with Crippen molar-refractivity contribution in [2.24, 2.45) is 0 Å². The fraction of sp³-hybridized carbons (Fsp3) is 1.00. The third-order valence-electron chi connectivity index (χ3n) is 0.533. The van der Waals surface area contributed by atoms with Gasteiger partial charge in [-0.3, -0.25) is 0 Å². The monoisotopic (exact) mass is 130 g/mol. The summed E-state index contributed by atoms with van der Waals surface area (Å²) in [5.41, 5.74) is 0. The summed E-state index contributed by atoms with van der Waals surface area (Å²) in [6, 6.07) is 0. The maximum Gasteiger partial charge on any atom is 0.442 e. The lowest BCUT2D eigenvalue weighted by atomic mass is 10.6. The van der Waals surface area contributed by atoms with Gasteiger partial charge in [-0.1, -0.05) is 5.04 Å². The first kappa shape index (κ1) is 5.80. The number of hydrogen-bond acceptors (Lipinski definition) is 3. The average molecular weight is 130 g/mol. The number of hydrogen-bond donors (Lipinski definition) is 0. The van der Waals surface area contributed by atoms with Gasteiger partial charge in [0.1, 0.15) is 0 Å². The molecule has 1 saturated heterocycles. The fourth-order valence-corrected chi connectivity index (χ4v) is 0.193. The molecule has 48 valence electrons. The predicted octanol–water partition coefficient (Wildman–Crippen LogP) is 0.768. The van der Waals surface area contributed by atoms with Gasteiger partial charge in [-0.05, 0) is 0 Å². The zero-order chi connectivity index (χ0) is 6.20. The van der Waals surface area contributed by atoms with Crippen LogP contribution in [0.3, 0.4) is 0 Å². The zero-order valence-corrected chi connectivity index (χ0v) is 3.44. The van der Waals surface area contributed by atoms with E-state index in [1.165, 1.54) is 0 Å². The quantitative estimate of drug-likeness (QED) is 0.453. The summed E-state index contributed by atoms with van der Waals surface area (Å²) in [5.74, 6) is 0. The highest BCUT2D eigenvalue weighted by Gasteiger charge is 2.51. The predicted molar refractivity (Wildman–Crippen MR) is 13.1 cm³/mol. The van der Waals surface area contributed by atoms with Gasteiger partial charge in [0.15, 0.2) is 0 Å². The van der Waals surface area contributed by atoms with Crippen LogP contribution in [0.5, 0.6) is 0 Å². The SMILES string of the molecule is FC1OOOC1(F)F. The van der Waals surface area contributed by atoms with Gasteiger partial charge < -0.3 is 0 Å². The summed E-state index contributed by atoms with van der Waals surface area (Å²) >= 11 is 0. The number of halogens is 3. The number of alkyl halides is 3. The molecule has 0 N–H and O–H groups in total. The Morgan fingerprint density at radius 2 is 2.00 bits per heavy atom. The Morgan fingerprint density at radius 3 is 2.12 bits per heavy atom. The zero-order valence-electron chi connectivity index (χ0n) is 3.44. The maximum atomic E-state index is 11.5. The Bertz CT molecular complexity index is 94.5. The standard InChI is InChI=1S/C2HF3O3/c3-1-2(4,5)7-8-6-1/h1H. The molecule has 1 aliphatic rings. The average Bonchev–Trinajstić information content (AvgIpc) is 1.86. The van der Waals surface area contributed by atoms with Crippen LogP contribution in [0.4, 0.5) is 13.2 Å². The molecule has 0 aliphatic carbocycles. The molecular weight excluding hydrogens is 129 g/mol. The molecule has 0 spiro atoms. The molecule has 0 aromatic rings. The molecule has 8 heavy (non-hydrogen) atoms. The first-order valence-corrected chi connectivity index (χ1v) is 1.66. The topological polar surface area (TPSA) is 27.7 Å². The van der Waals surface area contributed by atoms with Crippen LogP contribution in [0, 0.1) is 0 Å². The molecule has 0 radical (unpaired) electrons. The molecule has 6 heteroatoms. The van der Waals surface area contributed by atoms with Gasteiger partial charge in [-0.2, -0.15) is 13.7 Å². The highest BCUT2D eigenvalue weighted by Crippen LogP contribution is 2.29. The second-order valence-electron chi connectivity index (χ2n) is 1.13. The van der Waals surface area contributed by atoms with Crippen molar-refractivity contribution in [3.8, 4) is 0 Å². The summed E-state index contributed by atoms with van der Waals surface area (Å²) in [5, 5.41) is 3.15. The van der Waals surface area contributed by atoms with Crippen LogP contribution in [0.1, 0.15) is 0 Å². The molecule has 0 bridgehead atoms. The summed E-state index contributed by atoms with van der Waals surface area (Å²) in [4.78, 5) is 6.25. The van der Waals surface area contributed by atoms with Crippen molar-refractivity contribution in [2.75, 3.05) is 0 Å². The van der Waals surface area contributed by atoms with Crippen molar-refractivity contribution >= 4 is 0 Å². The van der Waals surface area contributed by atoms with E-state index in [2.05, 4.69) is 14.8 Å². The van der Waals surface area contributed by atoms with Crippen molar-refractivity contribution in [3.63, 3.8) is 0 Å². The highest BCUT2D eigenvalue weighted by molar-refractivity contribution is 4.53. The second kappa shape index (κ2) is 1.57. The van der Waals surface area contributed by atoms with Gasteiger partial charge in [0, 0.05) is 0 Å². The molecule has 3 nitrogen and oxygen atoms in total. The Balaban J connectivity index is 2.54. The van der Waals surface area contributed by atoms with Gasteiger partial charge in [0.2, 0.25) is 0 Å². The van der Waals surface area contributed by atoms with E-state index in [1.807, 2.05) is 0 Å². The molecule has 1 fully saturated rings. The van der Waals surface area contributed by atoms with E-state index in [0.29, 0.717) is 0 Å². The molecule has 0 aromatic heterocycles. The van der Waals surface area contributed by atoms with Crippen LogP contribution in [-0.2, 0) is 14.8 Å². The second-order valence-corrected chi connectivity index (χ2v) is 1.13. The third kappa shape index (κ3) is 0.770. The molecule has 0 amide bonds. The van der Waals surface area contributed by atoms with E-state index in [9.17, 15) is 13.2 Å². The maximum absolute atomic E-state index is 11.5. The molecule has 1 aliphatic heterocycles. The van der Waals surface area contributed by atoms with E-state index < -0.39 is 12.5 Å². The normalized spacial score (nSPS) is 35.6. The summed E-state index contributed by atoms with van der Waals surface area (Å²) in [6.45, 7) is 0. The van der Waals surface area contributed by atoms with Gasteiger partial charge in [0.25, 0.3) is 0 Å². The van der Waals surface area contributed by atoms with Gasteiger partial charge in [-0.15, -0.1) is 4.89 Å². The van der Waals surface area contributed by atoms with Gasteiger partial charge in [-0.25, -0.2) is 4.39 Å². The van der Waals surface area contributed by atoms with Crippen LogP contribution in [0.15, 0.2) is 0 Å². The van der Waals surface area contributed by atoms with Crippen LogP contribution >= 0.6 is 0 Å². The van der Waals surface area contributed by atoms with Crippen LogP contribution < -0.4 is 0 Å².